The fourth-order valence-electron chi connectivity index (χ4n) is 6.39. The van der Waals surface area contributed by atoms with Gasteiger partial charge < -0.3 is 20.1 Å². The molecule has 0 radical (unpaired) electrons. The number of benzene rings is 1. The highest BCUT2D eigenvalue weighted by Crippen LogP contribution is 2.31. The van der Waals surface area contributed by atoms with Crippen molar-refractivity contribution in [3.8, 4) is 0 Å². The molecule has 5 rings (SSSR count). The molecule has 2 aromatic heterocycles. The van der Waals surface area contributed by atoms with E-state index >= 15 is 0 Å². The van der Waals surface area contributed by atoms with E-state index in [0.29, 0.717) is 18.2 Å². The highest BCUT2D eigenvalue weighted by molar-refractivity contribution is 5.95. The summed E-state index contributed by atoms with van der Waals surface area (Å²) in [7, 11) is 0. The third-order valence-corrected chi connectivity index (χ3v) is 9.11. The number of hydrogen-bond donors (Lipinski definition) is 2. The largest absolute Gasteiger partial charge is 0.381 e. The van der Waals surface area contributed by atoms with Crippen LogP contribution in [0.5, 0.6) is 0 Å². The maximum absolute atomic E-state index is 13.2. The molecule has 9 heteroatoms. The van der Waals surface area contributed by atoms with E-state index in [1.165, 1.54) is 50.6 Å². The Balaban J connectivity index is 1.11. The van der Waals surface area contributed by atoms with Gasteiger partial charge in [-0.1, -0.05) is 44.7 Å². The van der Waals surface area contributed by atoms with E-state index in [1.54, 1.807) is 0 Å². The van der Waals surface area contributed by atoms with Crippen LogP contribution in [0.15, 0.2) is 30.5 Å². The number of unbranched alkanes of at least 4 members (excludes halogenated alkanes) is 5. The monoisotopic (exact) mass is 604 g/mol. The van der Waals surface area contributed by atoms with E-state index in [1.807, 2.05) is 23.0 Å². The molecule has 1 aromatic carbocycles. The molecule has 9 nitrogen and oxygen atoms in total. The van der Waals surface area contributed by atoms with Crippen molar-refractivity contribution in [1.29, 1.82) is 0 Å². The Morgan fingerprint density at radius 3 is 2.36 bits per heavy atom. The molecule has 1 amide bonds. The lowest BCUT2D eigenvalue weighted by Gasteiger charge is -2.26. The number of rotatable bonds is 16. The minimum Gasteiger partial charge on any atom is -0.381 e. The molecule has 44 heavy (non-hydrogen) atoms. The van der Waals surface area contributed by atoms with Crippen LogP contribution in [0, 0.1) is 0 Å². The molecule has 0 saturated carbocycles. The van der Waals surface area contributed by atoms with Crippen LogP contribution in [0.25, 0.3) is 11.0 Å². The topological polar surface area (TPSA) is 93.5 Å². The van der Waals surface area contributed by atoms with Gasteiger partial charge in [-0.25, -0.2) is 9.67 Å². The molecule has 2 saturated heterocycles. The van der Waals surface area contributed by atoms with Crippen LogP contribution in [-0.2, 0) is 35.4 Å². The second-order valence-corrected chi connectivity index (χ2v) is 12.2. The number of amides is 1. The van der Waals surface area contributed by atoms with E-state index < -0.39 is 0 Å². The number of anilines is 1. The zero-order valence-electron chi connectivity index (χ0n) is 26.9. The quantitative estimate of drug-likeness (QED) is 0.201. The number of nitrogens with one attached hydrogen (secondary N) is 2. The molecule has 0 spiro atoms. The third kappa shape index (κ3) is 8.79. The summed E-state index contributed by atoms with van der Waals surface area (Å²) < 4.78 is 13.0. The van der Waals surface area contributed by atoms with Gasteiger partial charge in [0.05, 0.1) is 30.5 Å². The van der Waals surface area contributed by atoms with Gasteiger partial charge in [-0.05, 0) is 69.7 Å². The molecule has 3 aromatic rings. The van der Waals surface area contributed by atoms with Gasteiger partial charge in [0, 0.05) is 62.3 Å². The van der Waals surface area contributed by atoms with Crippen molar-refractivity contribution in [2.45, 2.75) is 97.2 Å². The average Bonchev–Trinajstić information content (AvgIpc) is 3.49. The zero-order chi connectivity index (χ0) is 30.6. The predicted molar refractivity (Wildman–Crippen MR) is 176 cm³/mol. The minimum absolute atomic E-state index is 0.0583. The highest BCUT2D eigenvalue weighted by Gasteiger charge is 2.22. The number of ether oxygens (including phenoxy) is 2. The number of morpholine rings is 1. The van der Waals surface area contributed by atoms with Crippen LogP contribution in [-0.4, -0.2) is 77.7 Å². The second-order valence-electron chi connectivity index (χ2n) is 12.2. The van der Waals surface area contributed by atoms with Crippen LogP contribution < -0.4 is 10.6 Å². The summed E-state index contributed by atoms with van der Waals surface area (Å²) in [6.07, 6.45) is 13.4. The van der Waals surface area contributed by atoms with Crippen molar-refractivity contribution < 1.29 is 14.3 Å². The Morgan fingerprint density at radius 1 is 0.932 bits per heavy atom. The van der Waals surface area contributed by atoms with Gasteiger partial charge >= 0.3 is 0 Å². The summed E-state index contributed by atoms with van der Waals surface area (Å²) in [4.78, 5) is 20.8. The molecule has 4 heterocycles. The van der Waals surface area contributed by atoms with E-state index in [2.05, 4.69) is 46.6 Å². The predicted octanol–water partition coefficient (Wildman–Crippen LogP) is 5.75. The minimum atomic E-state index is -0.0583. The lowest BCUT2D eigenvalue weighted by atomic mass is 10.0. The zero-order valence-corrected chi connectivity index (χ0v) is 26.9. The number of carbonyl (C=O) groups excluding carboxylic acids is 1. The molecule has 0 atom stereocenters. The summed E-state index contributed by atoms with van der Waals surface area (Å²) in [6.45, 7) is 12.1. The number of aromatic nitrogens is 3. The number of carbonyl (C=O) groups is 1. The smallest absolute Gasteiger partial charge is 0.251 e. The lowest BCUT2D eigenvalue weighted by Crippen LogP contribution is -2.36. The lowest BCUT2D eigenvalue weighted by molar-refractivity contribution is 0.0371. The average molecular weight is 605 g/mol. The summed E-state index contributed by atoms with van der Waals surface area (Å²) in [6, 6.07) is 8.47. The van der Waals surface area contributed by atoms with Crippen LogP contribution in [0.3, 0.4) is 0 Å². The van der Waals surface area contributed by atoms with Crippen molar-refractivity contribution in [2.24, 2.45) is 0 Å². The first kappa shape index (κ1) is 32.4. The standard InChI is InChI=1S/C35H52N6O3/c1-3-32-30(33(38-29-16-21-43-22-17-29)31-26-37-41(4-2)34(31)39-32)25-36-35(42)28-14-12-27(13-15-28)11-9-7-5-6-8-10-18-40-19-23-44-24-20-40/h12-15,26,29H,3-11,16-25H2,1-2H3,(H,36,42)(H,38,39). The van der Waals surface area contributed by atoms with Crippen molar-refractivity contribution in [3.05, 3.63) is 52.8 Å². The molecular formula is C35H52N6O3. The van der Waals surface area contributed by atoms with Gasteiger partial charge in [-0.15, -0.1) is 0 Å². The molecule has 0 bridgehead atoms. The van der Waals surface area contributed by atoms with E-state index in [0.717, 1.165) is 99.7 Å². The Hall–Kier alpha value is -3.01. The number of nitrogens with zero attached hydrogens (tertiary/aromatic N) is 4. The maximum atomic E-state index is 13.2. The summed E-state index contributed by atoms with van der Waals surface area (Å²) in [5, 5.41) is 12.6. The fourth-order valence-corrected chi connectivity index (χ4v) is 6.39. The maximum Gasteiger partial charge on any atom is 0.251 e. The normalized spacial score (nSPS) is 16.4. The van der Waals surface area contributed by atoms with Gasteiger partial charge in [0.25, 0.3) is 5.91 Å². The summed E-state index contributed by atoms with van der Waals surface area (Å²) in [5.74, 6) is -0.0583. The molecule has 240 valence electrons. The number of fused-ring (bicyclic) bond motifs is 1. The molecule has 2 N–H and O–H groups in total. The number of aryl methyl sites for hydroxylation is 3. The van der Waals surface area contributed by atoms with Crippen molar-refractivity contribution in [1.82, 2.24) is 25.0 Å². The van der Waals surface area contributed by atoms with Crippen molar-refractivity contribution in [3.63, 3.8) is 0 Å². The first-order valence-electron chi connectivity index (χ1n) is 17.0. The first-order chi connectivity index (χ1) is 21.7. The van der Waals surface area contributed by atoms with Gasteiger partial charge in [-0.3, -0.25) is 9.69 Å². The Morgan fingerprint density at radius 2 is 1.64 bits per heavy atom. The van der Waals surface area contributed by atoms with E-state index in [4.69, 9.17) is 14.5 Å². The first-order valence-corrected chi connectivity index (χ1v) is 17.0. The SMILES string of the molecule is CCc1nc2c(cnn2CC)c(NC2CCOCC2)c1CNC(=O)c1ccc(CCCCCCCCN2CCOCC2)cc1. The molecule has 2 aliphatic heterocycles. The highest BCUT2D eigenvalue weighted by atomic mass is 16.5. The van der Waals surface area contributed by atoms with Gasteiger partial charge in [0.1, 0.15) is 0 Å². The van der Waals surface area contributed by atoms with Crippen LogP contribution in [0.2, 0.25) is 0 Å². The summed E-state index contributed by atoms with van der Waals surface area (Å²) in [5.41, 5.74) is 5.98. The van der Waals surface area contributed by atoms with Gasteiger partial charge in [0.2, 0.25) is 0 Å². The van der Waals surface area contributed by atoms with Crippen molar-refractivity contribution >= 4 is 22.6 Å². The van der Waals surface area contributed by atoms with Gasteiger partial charge in [-0.2, -0.15) is 5.10 Å². The van der Waals surface area contributed by atoms with Crippen molar-refractivity contribution in [2.75, 3.05) is 51.4 Å². The van der Waals surface area contributed by atoms with Crippen LogP contribution in [0.4, 0.5) is 5.69 Å². The van der Waals surface area contributed by atoms with Crippen LogP contribution in [0.1, 0.15) is 92.4 Å². The number of hydrogen-bond acceptors (Lipinski definition) is 7. The Bertz CT molecular complexity index is 1310. The summed E-state index contributed by atoms with van der Waals surface area (Å²) >= 11 is 0. The molecule has 0 aliphatic carbocycles. The van der Waals surface area contributed by atoms with Gasteiger partial charge in [0.15, 0.2) is 5.65 Å². The molecule has 2 aliphatic rings. The van der Waals surface area contributed by atoms with E-state index in [9.17, 15) is 4.79 Å². The molecule has 2 fully saturated rings. The Labute approximate surface area is 263 Å². The van der Waals surface area contributed by atoms with Crippen LogP contribution >= 0.6 is 0 Å². The second kappa shape index (κ2) is 16.9. The molecular weight excluding hydrogens is 552 g/mol. The van der Waals surface area contributed by atoms with E-state index in [-0.39, 0.29) is 5.91 Å². The Kier molecular flexibility index (Phi) is 12.4. The number of pyridine rings is 1. The molecule has 0 unspecified atom stereocenters. The fraction of sp³-hybridized carbons (Fsp3) is 0.629. The third-order valence-electron chi connectivity index (χ3n) is 9.11.